The number of carbonyl (C=O) groups is 1. The van der Waals surface area contributed by atoms with E-state index in [4.69, 9.17) is 4.52 Å². The van der Waals surface area contributed by atoms with Crippen molar-refractivity contribution >= 4 is 5.91 Å². The van der Waals surface area contributed by atoms with E-state index < -0.39 is 5.92 Å². The second-order valence-corrected chi connectivity index (χ2v) is 6.67. The highest BCUT2D eigenvalue weighted by Crippen LogP contribution is 2.30. The number of rotatable bonds is 3. The zero-order valence-electron chi connectivity index (χ0n) is 13.4. The van der Waals surface area contributed by atoms with E-state index >= 15 is 0 Å². The number of aryl methyl sites for hydroxylation is 1. The van der Waals surface area contributed by atoms with Crippen LogP contribution in [0.25, 0.3) is 0 Å². The fourth-order valence-electron chi connectivity index (χ4n) is 3.36. The van der Waals surface area contributed by atoms with Crippen molar-refractivity contribution in [2.45, 2.75) is 45.1 Å². The Kier molecular flexibility index (Phi) is 4.66. The van der Waals surface area contributed by atoms with Crippen LogP contribution in [0, 0.1) is 12.8 Å². The molecule has 2 saturated heterocycles. The van der Waals surface area contributed by atoms with Crippen LogP contribution in [0.4, 0.5) is 8.78 Å². The van der Waals surface area contributed by atoms with Gasteiger partial charge in [-0.3, -0.25) is 9.69 Å². The van der Waals surface area contributed by atoms with Crippen LogP contribution in [0.3, 0.4) is 0 Å². The molecule has 23 heavy (non-hydrogen) atoms. The van der Waals surface area contributed by atoms with Crippen LogP contribution in [0.15, 0.2) is 10.6 Å². The van der Waals surface area contributed by atoms with Gasteiger partial charge in [-0.1, -0.05) is 5.16 Å². The fourth-order valence-corrected chi connectivity index (χ4v) is 3.36. The summed E-state index contributed by atoms with van der Waals surface area (Å²) in [7, 11) is 0. The highest BCUT2D eigenvalue weighted by molar-refractivity contribution is 5.79. The van der Waals surface area contributed by atoms with Crippen molar-refractivity contribution in [1.29, 1.82) is 0 Å². The minimum absolute atomic E-state index is 0.0329. The molecule has 0 saturated carbocycles. The maximum Gasteiger partial charge on any atom is 0.251 e. The van der Waals surface area contributed by atoms with E-state index in [1.54, 1.807) is 4.90 Å². The number of aromatic nitrogens is 1. The van der Waals surface area contributed by atoms with E-state index in [1.165, 1.54) is 0 Å². The molecule has 1 aromatic heterocycles. The molecule has 3 heterocycles. The summed E-state index contributed by atoms with van der Waals surface area (Å²) < 4.78 is 31.6. The molecule has 5 nitrogen and oxygen atoms in total. The summed E-state index contributed by atoms with van der Waals surface area (Å²) in [6.45, 7) is 4.60. The molecule has 0 unspecified atom stereocenters. The summed E-state index contributed by atoms with van der Waals surface area (Å²) in [5.74, 6) is -1.74. The summed E-state index contributed by atoms with van der Waals surface area (Å²) in [6, 6.07) is 1.92. The highest BCUT2D eigenvalue weighted by atomic mass is 19.3. The zero-order valence-corrected chi connectivity index (χ0v) is 13.4. The summed E-state index contributed by atoms with van der Waals surface area (Å²) in [4.78, 5) is 16.3. The fraction of sp³-hybridized carbons (Fsp3) is 0.750. The molecule has 0 N–H and O–H groups in total. The van der Waals surface area contributed by atoms with Crippen LogP contribution in [0.1, 0.15) is 37.1 Å². The standard InChI is InChI=1S/C16H23F2N3O2/c1-12-10-14(23-19-12)11-20-6-2-13(3-7-20)15(22)21-8-4-16(17,18)5-9-21/h10,13H,2-9,11H2,1H3. The Balaban J connectivity index is 1.46. The molecule has 2 fully saturated rings. The third-order valence-electron chi connectivity index (χ3n) is 4.80. The Morgan fingerprint density at radius 3 is 2.52 bits per heavy atom. The maximum atomic E-state index is 13.2. The first-order valence-electron chi connectivity index (χ1n) is 8.24. The third kappa shape index (κ3) is 4.07. The molecule has 1 amide bonds. The summed E-state index contributed by atoms with van der Waals surface area (Å²) in [6.07, 6.45) is 1.14. The van der Waals surface area contributed by atoms with Gasteiger partial charge in [-0.2, -0.15) is 0 Å². The van der Waals surface area contributed by atoms with Gasteiger partial charge in [0.15, 0.2) is 5.76 Å². The lowest BCUT2D eigenvalue weighted by molar-refractivity contribution is -0.143. The molecule has 3 rings (SSSR count). The van der Waals surface area contributed by atoms with Gasteiger partial charge in [-0.15, -0.1) is 0 Å². The van der Waals surface area contributed by atoms with Gasteiger partial charge >= 0.3 is 0 Å². The molecule has 0 spiro atoms. The molecule has 2 aliphatic rings. The quantitative estimate of drug-likeness (QED) is 0.856. The molecule has 0 atom stereocenters. The monoisotopic (exact) mass is 327 g/mol. The van der Waals surface area contributed by atoms with Crippen LogP contribution in [-0.4, -0.2) is 53.0 Å². The van der Waals surface area contributed by atoms with Gasteiger partial charge in [0.1, 0.15) is 0 Å². The van der Waals surface area contributed by atoms with E-state index in [9.17, 15) is 13.6 Å². The van der Waals surface area contributed by atoms with Crippen molar-refractivity contribution in [2.75, 3.05) is 26.2 Å². The molecule has 128 valence electrons. The Morgan fingerprint density at radius 1 is 1.30 bits per heavy atom. The predicted molar refractivity (Wildman–Crippen MR) is 80.0 cm³/mol. The number of amides is 1. The number of hydrogen-bond donors (Lipinski definition) is 0. The molecule has 0 radical (unpaired) electrons. The second kappa shape index (κ2) is 6.55. The number of hydrogen-bond acceptors (Lipinski definition) is 4. The molecule has 7 heteroatoms. The predicted octanol–water partition coefficient (Wildman–Crippen LogP) is 2.45. The lowest BCUT2D eigenvalue weighted by Gasteiger charge is -2.37. The highest BCUT2D eigenvalue weighted by Gasteiger charge is 2.37. The third-order valence-corrected chi connectivity index (χ3v) is 4.80. The Morgan fingerprint density at radius 2 is 1.96 bits per heavy atom. The number of alkyl halides is 2. The number of piperidine rings is 2. The Labute approximate surface area is 134 Å². The van der Waals surface area contributed by atoms with Gasteiger partial charge in [0, 0.05) is 37.9 Å². The van der Waals surface area contributed by atoms with Crippen molar-refractivity contribution in [2.24, 2.45) is 5.92 Å². The largest absolute Gasteiger partial charge is 0.360 e. The van der Waals surface area contributed by atoms with E-state index in [0.29, 0.717) is 6.54 Å². The van der Waals surface area contributed by atoms with Crippen LogP contribution in [0.2, 0.25) is 0 Å². The molecule has 0 bridgehead atoms. The molecule has 0 aromatic carbocycles. The number of carbonyl (C=O) groups excluding carboxylic acids is 1. The number of nitrogens with zero attached hydrogens (tertiary/aromatic N) is 3. The SMILES string of the molecule is Cc1cc(CN2CCC(C(=O)N3CCC(F)(F)CC3)CC2)on1. The van der Waals surface area contributed by atoms with E-state index in [1.807, 2.05) is 13.0 Å². The van der Waals surface area contributed by atoms with Crippen LogP contribution in [-0.2, 0) is 11.3 Å². The van der Waals surface area contributed by atoms with E-state index in [2.05, 4.69) is 10.1 Å². The Bertz CT molecular complexity index is 543. The van der Waals surface area contributed by atoms with Gasteiger partial charge in [0.25, 0.3) is 5.92 Å². The molecule has 0 aliphatic carbocycles. The van der Waals surface area contributed by atoms with Crippen molar-refractivity contribution in [1.82, 2.24) is 15.0 Å². The summed E-state index contributed by atoms with van der Waals surface area (Å²) in [5, 5.41) is 3.87. The maximum absolute atomic E-state index is 13.2. The zero-order chi connectivity index (χ0) is 16.4. The van der Waals surface area contributed by atoms with Gasteiger partial charge in [-0.25, -0.2) is 8.78 Å². The van der Waals surface area contributed by atoms with Crippen LogP contribution >= 0.6 is 0 Å². The van der Waals surface area contributed by atoms with Gasteiger partial charge < -0.3 is 9.42 Å². The van der Waals surface area contributed by atoms with Crippen LogP contribution in [0.5, 0.6) is 0 Å². The number of likely N-dealkylation sites (tertiary alicyclic amines) is 2. The average Bonchev–Trinajstić information content (AvgIpc) is 2.92. The second-order valence-electron chi connectivity index (χ2n) is 6.67. The van der Waals surface area contributed by atoms with Crippen molar-refractivity contribution in [3.8, 4) is 0 Å². The molecular weight excluding hydrogens is 304 g/mol. The van der Waals surface area contributed by atoms with Crippen LogP contribution < -0.4 is 0 Å². The average molecular weight is 327 g/mol. The Hall–Kier alpha value is -1.50. The number of halogens is 2. The topological polar surface area (TPSA) is 49.6 Å². The summed E-state index contributed by atoms with van der Waals surface area (Å²) in [5.41, 5.74) is 0.868. The van der Waals surface area contributed by atoms with Crippen molar-refractivity contribution in [3.63, 3.8) is 0 Å². The van der Waals surface area contributed by atoms with Gasteiger partial charge in [0.05, 0.1) is 12.2 Å². The minimum atomic E-state index is -2.60. The van der Waals surface area contributed by atoms with Crippen molar-refractivity contribution < 1.29 is 18.1 Å². The normalized spacial score (nSPS) is 23.2. The lowest BCUT2D eigenvalue weighted by atomic mass is 9.94. The first kappa shape index (κ1) is 16.4. The molecular formula is C16H23F2N3O2. The smallest absolute Gasteiger partial charge is 0.251 e. The summed E-state index contributed by atoms with van der Waals surface area (Å²) >= 11 is 0. The molecule has 1 aromatic rings. The molecule has 2 aliphatic heterocycles. The lowest BCUT2D eigenvalue weighted by Crippen LogP contribution is -2.47. The first-order valence-corrected chi connectivity index (χ1v) is 8.24. The van der Waals surface area contributed by atoms with Crippen molar-refractivity contribution in [3.05, 3.63) is 17.5 Å². The van der Waals surface area contributed by atoms with Gasteiger partial charge in [-0.05, 0) is 32.9 Å². The van der Waals surface area contributed by atoms with E-state index in [-0.39, 0.29) is 37.8 Å². The minimum Gasteiger partial charge on any atom is -0.360 e. The first-order chi connectivity index (χ1) is 10.9. The van der Waals surface area contributed by atoms with Gasteiger partial charge in [0.2, 0.25) is 5.91 Å². The van der Waals surface area contributed by atoms with E-state index in [0.717, 1.165) is 37.4 Å².